The molecule has 0 saturated heterocycles. The van der Waals surface area contributed by atoms with Crippen molar-refractivity contribution in [3.63, 3.8) is 0 Å². The topological polar surface area (TPSA) is 26.0 Å². The summed E-state index contributed by atoms with van der Waals surface area (Å²) in [7, 11) is 0. The first kappa shape index (κ1) is 9.66. The van der Waals surface area contributed by atoms with Crippen molar-refractivity contribution in [3.8, 4) is 0 Å². The van der Waals surface area contributed by atoms with E-state index in [9.17, 15) is 4.39 Å². The number of benzene rings is 1. The highest BCUT2D eigenvalue weighted by atomic mass is 19.1. The Kier molecular flexibility index (Phi) is 2.11. The summed E-state index contributed by atoms with van der Waals surface area (Å²) < 4.78 is 13.0. The normalized spacial score (nSPS) is 21.0. The molecule has 1 atom stereocenters. The summed E-state index contributed by atoms with van der Waals surface area (Å²) in [5, 5.41) is 0. The lowest BCUT2D eigenvalue weighted by atomic mass is 9.86. The lowest BCUT2D eigenvalue weighted by Gasteiger charge is -2.26. The summed E-state index contributed by atoms with van der Waals surface area (Å²) >= 11 is 0. The van der Waals surface area contributed by atoms with E-state index >= 15 is 0 Å². The molecule has 0 fully saturated rings. The minimum atomic E-state index is -0.171. The predicted molar refractivity (Wildman–Crippen MR) is 55.6 cm³/mol. The van der Waals surface area contributed by atoms with Gasteiger partial charge in [0.15, 0.2) is 0 Å². The van der Waals surface area contributed by atoms with Crippen molar-refractivity contribution in [2.45, 2.75) is 32.2 Å². The molecule has 0 saturated carbocycles. The molecule has 2 N–H and O–H groups in total. The zero-order valence-corrected chi connectivity index (χ0v) is 8.68. The molecule has 1 unspecified atom stereocenters. The second-order valence-electron chi connectivity index (χ2n) is 4.84. The molecule has 0 radical (unpaired) electrons. The van der Waals surface area contributed by atoms with Crippen LogP contribution in [-0.4, -0.2) is 5.54 Å². The van der Waals surface area contributed by atoms with Gasteiger partial charge < -0.3 is 5.73 Å². The Labute approximate surface area is 84.1 Å². The SMILES string of the molecule is CC(C)(N)C1Cc2ccc(F)cc2C1. The molecule has 76 valence electrons. The van der Waals surface area contributed by atoms with Crippen LogP contribution < -0.4 is 5.73 Å². The van der Waals surface area contributed by atoms with Crippen molar-refractivity contribution in [1.82, 2.24) is 0 Å². The number of hydrogen-bond acceptors (Lipinski definition) is 1. The molecular formula is C12H16FN. The minimum Gasteiger partial charge on any atom is -0.325 e. The summed E-state index contributed by atoms with van der Waals surface area (Å²) in [5.74, 6) is 0.304. The first-order valence-electron chi connectivity index (χ1n) is 5.03. The van der Waals surface area contributed by atoms with E-state index in [1.54, 1.807) is 6.07 Å². The Morgan fingerprint density at radius 2 is 1.93 bits per heavy atom. The Hall–Kier alpha value is -0.890. The van der Waals surface area contributed by atoms with E-state index in [4.69, 9.17) is 5.73 Å². The van der Waals surface area contributed by atoms with Crippen LogP contribution in [0.15, 0.2) is 18.2 Å². The fourth-order valence-corrected chi connectivity index (χ4v) is 2.11. The van der Waals surface area contributed by atoms with E-state index in [0.717, 1.165) is 18.4 Å². The van der Waals surface area contributed by atoms with Gasteiger partial charge in [0, 0.05) is 5.54 Å². The van der Waals surface area contributed by atoms with E-state index in [1.807, 2.05) is 19.9 Å². The third kappa shape index (κ3) is 1.67. The van der Waals surface area contributed by atoms with E-state index in [2.05, 4.69) is 0 Å². The molecule has 0 aromatic heterocycles. The van der Waals surface area contributed by atoms with Crippen LogP contribution in [0.5, 0.6) is 0 Å². The fourth-order valence-electron chi connectivity index (χ4n) is 2.11. The summed E-state index contributed by atoms with van der Waals surface area (Å²) in [6.07, 6.45) is 1.90. The molecule has 1 nitrogen and oxygen atoms in total. The van der Waals surface area contributed by atoms with Gasteiger partial charge in [0.25, 0.3) is 0 Å². The molecule has 2 rings (SSSR count). The molecule has 0 heterocycles. The molecule has 1 aromatic rings. The standard InChI is InChI=1S/C12H16FN/c1-12(2,14)10-5-8-3-4-11(13)7-9(8)6-10/h3-4,7,10H,5-6,14H2,1-2H3. The molecule has 0 amide bonds. The van der Waals surface area contributed by atoms with Crippen LogP contribution >= 0.6 is 0 Å². The number of fused-ring (bicyclic) bond motifs is 1. The van der Waals surface area contributed by atoms with Crippen LogP contribution in [0, 0.1) is 11.7 Å². The molecule has 1 aliphatic carbocycles. The third-order valence-electron chi connectivity index (χ3n) is 3.15. The summed E-state index contributed by atoms with van der Waals surface area (Å²) in [5.41, 5.74) is 8.29. The molecule has 2 heteroatoms. The summed E-state index contributed by atoms with van der Waals surface area (Å²) in [6.45, 7) is 4.08. The van der Waals surface area contributed by atoms with Gasteiger partial charge in [-0.1, -0.05) is 6.07 Å². The Morgan fingerprint density at radius 1 is 1.29 bits per heavy atom. The van der Waals surface area contributed by atoms with E-state index < -0.39 is 0 Å². The molecular weight excluding hydrogens is 177 g/mol. The van der Waals surface area contributed by atoms with E-state index in [1.165, 1.54) is 11.6 Å². The lowest BCUT2D eigenvalue weighted by Crippen LogP contribution is -2.41. The second-order valence-corrected chi connectivity index (χ2v) is 4.84. The van der Waals surface area contributed by atoms with Crippen LogP contribution in [0.3, 0.4) is 0 Å². The van der Waals surface area contributed by atoms with Gasteiger partial charge in [0.05, 0.1) is 0 Å². The maximum atomic E-state index is 13.0. The van der Waals surface area contributed by atoms with E-state index in [0.29, 0.717) is 5.92 Å². The average Bonchev–Trinajstić information content (AvgIpc) is 2.45. The maximum absolute atomic E-state index is 13.0. The molecule has 0 aliphatic heterocycles. The highest BCUT2D eigenvalue weighted by Crippen LogP contribution is 2.32. The molecule has 1 aromatic carbocycles. The molecule has 1 aliphatic rings. The maximum Gasteiger partial charge on any atom is 0.123 e. The van der Waals surface area contributed by atoms with E-state index in [-0.39, 0.29) is 11.4 Å². The molecule has 0 spiro atoms. The predicted octanol–water partition coefficient (Wildman–Crippen LogP) is 2.28. The van der Waals surface area contributed by atoms with Crippen molar-refractivity contribution < 1.29 is 4.39 Å². The zero-order chi connectivity index (χ0) is 10.3. The van der Waals surface area contributed by atoms with Crippen LogP contribution in [0.4, 0.5) is 4.39 Å². The summed E-state index contributed by atoms with van der Waals surface area (Å²) in [4.78, 5) is 0. The van der Waals surface area contributed by atoms with Crippen LogP contribution in [0.2, 0.25) is 0 Å². The lowest BCUT2D eigenvalue weighted by molar-refractivity contribution is 0.333. The zero-order valence-electron chi connectivity index (χ0n) is 8.68. The van der Waals surface area contributed by atoms with Crippen molar-refractivity contribution >= 4 is 0 Å². The van der Waals surface area contributed by atoms with Crippen molar-refractivity contribution in [1.29, 1.82) is 0 Å². The Bertz CT molecular complexity index is 352. The van der Waals surface area contributed by atoms with Crippen LogP contribution in [0.1, 0.15) is 25.0 Å². The molecule has 14 heavy (non-hydrogen) atoms. The first-order chi connectivity index (χ1) is 6.47. The quantitative estimate of drug-likeness (QED) is 0.727. The van der Waals surface area contributed by atoms with Gasteiger partial charge in [0.1, 0.15) is 5.82 Å². The Morgan fingerprint density at radius 3 is 2.57 bits per heavy atom. The number of halogens is 1. The Balaban J connectivity index is 2.26. The average molecular weight is 193 g/mol. The highest BCUT2D eigenvalue weighted by Gasteiger charge is 2.31. The fraction of sp³-hybridized carbons (Fsp3) is 0.500. The third-order valence-corrected chi connectivity index (χ3v) is 3.15. The molecule has 0 bridgehead atoms. The largest absolute Gasteiger partial charge is 0.325 e. The van der Waals surface area contributed by atoms with Gasteiger partial charge in [-0.3, -0.25) is 0 Å². The van der Waals surface area contributed by atoms with Crippen molar-refractivity contribution in [3.05, 3.63) is 35.1 Å². The smallest absolute Gasteiger partial charge is 0.123 e. The monoisotopic (exact) mass is 193 g/mol. The highest BCUT2D eigenvalue weighted by molar-refractivity contribution is 5.33. The number of hydrogen-bond donors (Lipinski definition) is 1. The first-order valence-corrected chi connectivity index (χ1v) is 5.03. The van der Waals surface area contributed by atoms with Gasteiger partial charge in [-0.15, -0.1) is 0 Å². The van der Waals surface area contributed by atoms with Gasteiger partial charge in [-0.05, 0) is 55.9 Å². The van der Waals surface area contributed by atoms with Gasteiger partial charge in [-0.2, -0.15) is 0 Å². The van der Waals surface area contributed by atoms with Crippen LogP contribution in [-0.2, 0) is 12.8 Å². The van der Waals surface area contributed by atoms with Crippen molar-refractivity contribution in [2.24, 2.45) is 11.7 Å². The van der Waals surface area contributed by atoms with Crippen molar-refractivity contribution in [2.75, 3.05) is 0 Å². The summed E-state index contributed by atoms with van der Waals surface area (Å²) in [6, 6.07) is 5.06. The van der Waals surface area contributed by atoms with Gasteiger partial charge >= 0.3 is 0 Å². The van der Waals surface area contributed by atoms with Crippen LogP contribution in [0.25, 0.3) is 0 Å². The number of rotatable bonds is 1. The van der Waals surface area contributed by atoms with Gasteiger partial charge in [-0.25, -0.2) is 4.39 Å². The number of nitrogens with two attached hydrogens (primary N) is 1. The second kappa shape index (κ2) is 3.06. The van der Waals surface area contributed by atoms with Gasteiger partial charge in [0.2, 0.25) is 0 Å². The minimum absolute atomic E-state index is 0.140.